The molecule has 0 aliphatic heterocycles. The first kappa shape index (κ1) is 10.7. The highest BCUT2D eigenvalue weighted by Gasteiger charge is 1.97. The van der Waals surface area contributed by atoms with Gasteiger partial charge in [0.1, 0.15) is 0 Å². The first-order valence-corrected chi connectivity index (χ1v) is 5.82. The van der Waals surface area contributed by atoms with Gasteiger partial charge >= 0.3 is 0 Å². The molecule has 0 bridgehead atoms. The molecule has 1 rings (SSSR count). The Hall–Kier alpha value is -0.410. The molecule has 0 aromatic carbocycles. The van der Waals surface area contributed by atoms with Crippen LogP contribution in [0.3, 0.4) is 0 Å². The minimum Gasteiger partial charge on any atom is -0.317 e. The highest BCUT2D eigenvalue weighted by Crippen LogP contribution is 2.10. The smallest absolute Gasteiger partial charge is 0.0928 e. The van der Waals surface area contributed by atoms with Gasteiger partial charge in [-0.05, 0) is 32.9 Å². The van der Waals surface area contributed by atoms with Gasteiger partial charge in [0, 0.05) is 17.5 Å². The Balaban J connectivity index is 2.06. The van der Waals surface area contributed by atoms with Crippen molar-refractivity contribution in [2.75, 3.05) is 13.1 Å². The second kappa shape index (κ2) is 6.11. The van der Waals surface area contributed by atoms with Crippen LogP contribution in [0.2, 0.25) is 0 Å². The van der Waals surface area contributed by atoms with Crippen molar-refractivity contribution in [1.29, 1.82) is 0 Å². The van der Waals surface area contributed by atoms with Crippen molar-refractivity contribution in [2.45, 2.75) is 33.1 Å². The minimum atomic E-state index is 1.12. The van der Waals surface area contributed by atoms with Crippen LogP contribution in [0.25, 0.3) is 0 Å². The zero-order chi connectivity index (χ0) is 9.52. The van der Waals surface area contributed by atoms with Crippen LogP contribution in [0, 0.1) is 6.92 Å². The van der Waals surface area contributed by atoms with E-state index in [0.29, 0.717) is 0 Å². The quantitative estimate of drug-likeness (QED) is 0.710. The van der Waals surface area contributed by atoms with E-state index in [4.69, 9.17) is 0 Å². The van der Waals surface area contributed by atoms with Gasteiger partial charge in [-0.3, -0.25) is 0 Å². The van der Waals surface area contributed by atoms with Crippen molar-refractivity contribution in [3.05, 3.63) is 16.1 Å². The second-order valence-corrected chi connectivity index (χ2v) is 4.18. The molecule has 0 fully saturated rings. The Morgan fingerprint density at radius 3 is 2.92 bits per heavy atom. The molecule has 0 aliphatic rings. The van der Waals surface area contributed by atoms with E-state index in [-0.39, 0.29) is 0 Å². The van der Waals surface area contributed by atoms with Crippen LogP contribution in [-0.2, 0) is 6.42 Å². The molecule has 1 N–H and O–H groups in total. The summed E-state index contributed by atoms with van der Waals surface area (Å²) in [5, 5.41) is 6.78. The fourth-order valence-electron chi connectivity index (χ4n) is 1.18. The number of nitrogens with zero attached hydrogens (tertiary/aromatic N) is 1. The average Bonchev–Trinajstić information content (AvgIpc) is 2.51. The maximum Gasteiger partial charge on any atom is 0.0928 e. The lowest BCUT2D eigenvalue weighted by Crippen LogP contribution is -2.16. The Labute approximate surface area is 84.4 Å². The van der Waals surface area contributed by atoms with Gasteiger partial charge in [-0.25, -0.2) is 4.98 Å². The first-order valence-electron chi connectivity index (χ1n) is 4.94. The van der Waals surface area contributed by atoms with Crippen LogP contribution in [0.15, 0.2) is 5.38 Å². The van der Waals surface area contributed by atoms with E-state index in [0.717, 1.165) is 25.2 Å². The SMILES string of the molecule is CCCNCCCc1nc(C)cs1. The number of rotatable bonds is 6. The lowest BCUT2D eigenvalue weighted by atomic mass is 10.3. The summed E-state index contributed by atoms with van der Waals surface area (Å²) >= 11 is 1.77. The number of hydrogen-bond acceptors (Lipinski definition) is 3. The maximum absolute atomic E-state index is 4.42. The van der Waals surface area contributed by atoms with Crippen LogP contribution in [-0.4, -0.2) is 18.1 Å². The van der Waals surface area contributed by atoms with Gasteiger partial charge < -0.3 is 5.32 Å². The Kier molecular flexibility index (Phi) is 5.01. The number of aromatic nitrogens is 1. The third-order valence-corrected chi connectivity index (χ3v) is 2.86. The predicted octanol–water partition coefficient (Wildman–Crippen LogP) is 2.38. The Morgan fingerprint density at radius 2 is 2.31 bits per heavy atom. The lowest BCUT2D eigenvalue weighted by Gasteiger charge is -2.00. The summed E-state index contributed by atoms with van der Waals surface area (Å²) in [7, 11) is 0. The van der Waals surface area contributed by atoms with Crippen molar-refractivity contribution in [3.8, 4) is 0 Å². The van der Waals surface area contributed by atoms with Crippen LogP contribution in [0.1, 0.15) is 30.5 Å². The van der Waals surface area contributed by atoms with Crippen molar-refractivity contribution < 1.29 is 0 Å². The zero-order valence-electron chi connectivity index (χ0n) is 8.47. The molecule has 1 heterocycles. The normalized spacial score (nSPS) is 10.6. The molecule has 0 spiro atoms. The van der Waals surface area contributed by atoms with E-state index in [1.54, 1.807) is 11.3 Å². The average molecular weight is 198 g/mol. The number of nitrogens with one attached hydrogen (secondary N) is 1. The van der Waals surface area contributed by atoms with Crippen LogP contribution in [0.5, 0.6) is 0 Å². The summed E-state index contributed by atoms with van der Waals surface area (Å²) in [5.74, 6) is 0. The molecule has 0 aliphatic carbocycles. The van der Waals surface area contributed by atoms with Crippen molar-refractivity contribution >= 4 is 11.3 Å². The van der Waals surface area contributed by atoms with Gasteiger partial charge in [-0.1, -0.05) is 6.92 Å². The molecule has 0 saturated carbocycles. The fourth-order valence-corrected chi connectivity index (χ4v) is 2.00. The van der Waals surface area contributed by atoms with E-state index in [2.05, 4.69) is 29.5 Å². The number of aryl methyl sites for hydroxylation is 2. The van der Waals surface area contributed by atoms with Gasteiger partial charge in [-0.15, -0.1) is 11.3 Å². The monoisotopic (exact) mass is 198 g/mol. The van der Waals surface area contributed by atoms with E-state index in [9.17, 15) is 0 Å². The highest BCUT2D eigenvalue weighted by atomic mass is 32.1. The maximum atomic E-state index is 4.42. The summed E-state index contributed by atoms with van der Waals surface area (Å²) in [6.45, 7) is 6.50. The van der Waals surface area contributed by atoms with Crippen molar-refractivity contribution in [3.63, 3.8) is 0 Å². The summed E-state index contributed by atoms with van der Waals surface area (Å²) < 4.78 is 0. The molecule has 3 heteroatoms. The molecular weight excluding hydrogens is 180 g/mol. The Morgan fingerprint density at radius 1 is 1.46 bits per heavy atom. The molecule has 2 nitrogen and oxygen atoms in total. The van der Waals surface area contributed by atoms with E-state index < -0.39 is 0 Å². The predicted molar refractivity (Wildman–Crippen MR) is 58.3 cm³/mol. The van der Waals surface area contributed by atoms with Crippen LogP contribution < -0.4 is 5.32 Å². The molecule has 0 saturated heterocycles. The third-order valence-electron chi connectivity index (χ3n) is 1.84. The lowest BCUT2D eigenvalue weighted by molar-refractivity contribution is 0.639. The molecular formula is C10H18N2S. The van der Waals surface area contributed by atoms with E-state index in [1.807, 2.05) is 0 Å². The standard InChI is InChI=1S/C10H18N2S/c1-3-6-11-7-4-5-10-12-9(2)8-13-10/h8,11H,3-7H2,1-2H3. The van der Waals surface area contributed by atoms with E-state index in [1.165, 1.54) is 17.8 Å². The Bertz CT molecular complexity index is 233. The summed E-state index contributed by atoms with van der Waals surface area (Å²) in [5.41, 5.74) is 1.15. The molecule has 0 radical (unpaired) electrons. The molecule has 1 aromatic rings. The van der Waals surface area contributed by atoms with Gasteiger partial charge in [0.15, 0.2) is 0 Å². The first-order chi connectivity index (χ1) is 6.33. The molecule has 0 unspecified atom stereocenters. The summed E-state index contributed by atoms with van der Waals surface area (Å²) in [4.78, 5) is 4.42. The molecule has 1 aromatic heterocycles. The van der Waals surface area contributed by atoms with Crippen LogP contribution >= 0.6 is 11.3 Å². The summed E-state index contributed by atoms with van der Waals surface area (Å²) in [6.07, 6.45) is 3.54. The van der Waals surface area contributed by atoms with Crippen molar-refractivity contribution in [2.24, 2.45) is 0 Å². The van der Waals surface area contributed by atoms with Gasteiger partial charge in [0.2, 0.25) is 0 Å². The zero-order valence-corrected chi connectivity index (χ0v) is 9.28. The third kappa shape index (κ3) is 4.39. The van der Waals surface area contributed by atoms with Gasteiger partial charge in [0.05, 0.1) is 5.01 Å². The highest BCUT2D eigenvalue weighted by molar-refractivity contribution is 7.09. The van der Waals surface area contributed by atoms with Gasteiger partial charge in [0.25, 0.3) is 0 Å². The van der Waals surface area contributed by atoms with Crippen molar-refractivity contribution in [1.82, 2.24) is 10.3 Å². The largest absolute Gasteiger partial charge is 0.317 e. The fraction of sp³-hybridized carbons (Fsp3) is 0.700. The second-order valence-electron chi connectivity index (χ2n) is 3.24. The van der Waals surface area contributed by atoms with Crippen LogP contribution in [0.4, 0.5) is 0 Å². The molecule has 74 valence electrons. The van der Waals surface area contributed by atoms with E-state index >= 15 is 0 Å². The van der Waals surface area contributed by atoms with Gasteiger partial charge in [-0.2, -0.15) is 0 Å². The number of thiazole rings is 1. The molecule has 0 amide bonds. The minimum absolute atomic E-state index is 1.12. The summed E-state index contributed by atoms with van der Waals surface area (Å²) in [6, 6.07) is 0. The molecule has 0 atom stereocenters. The molecule has 13 heavy (non-hydrogen) atoms. The number of hydrogen-bond donors (Lipinski definition) is 1. The topological polar surface area (TPSA) is 24.9 Å².